The number of fused-ring (bicyclic) bond motifs is 1. The number of hydrogen-bond donors (Lipinski definition) is 2. The molecule has 0 radical (unpaired) electrons. The van der Waals surface area contributed by atoms with Crippen molar-refractivity contribution in [2.24, 2.45) is 0 Å². The van der Waals surface area contributed by atoms with Gasteiger partial charge in [0.25, 0.3) is 0 Å². The van der Waals surface area contributed by atoms with Crippen LogP contribution in [0.25, 0.3) is 22.0 Å². The molecule has 0 amide bonds. The molecule has 0 atom stereocenters. The summed E-state index contributed by atoms with van der Waals surface area (Å²) in [6, 6.07) is 13.8. The van der Waals surface area contributed by atoms with E-state index >= 15 is 0 Å². The van der Waals surface area contributed by atoms with Gasteiger partial charge in [-0.05, 0) is 49.2 Å². The number of aromatic nitrogens is 3. The smallest absolute Gasteiger partial charge is 0.224 e. The molecule has 2 aromatic heterocycles. The van der Waals surface area contributed by atoms with E-state index < -0.39 is 0 Å². The van der Waals surface area contributed by atoms with Gasteiger partial charge in [-0.25, -0.2) is 4.98 Å². The number of hydrogen-bond acceptors (Lipinski definition) is 6. The SMILES string of the molecule is CNc1nc(NCc2cccc(Cl)c2)c2cc(-c3c(C)noc3C)ccc2n1. The monoisotopic (exact) mass is 393 g/mol. The highest BCUT2D eigenvalue weighted by atomic mass is 35.5. The van der Waals surface area contributed by atoms with Crippen LogP contribution in [0.4, 0.5) is 11.8 Å². The molecule has 0 aliphatic heterocycles. The summed E-state index contributed by atoms with van der Waals surface area (Å²) in [5, 5.41) is 12.1. The molecule has 0 aliphatic carbocycles. The maximum absolute atomic E-state index is 6.10. The first-order valence-corrected chi connectivity index (χ1v) is 9.34. The predicted molar refractivity (Wildman–Crippen MR) is 113 cm³/mol. The average molecular weight is 394 g/mol. The van der Waals surface area contributed by atoms with E-state index in [0.717, 1.165) is 44.9 Å². The van der Waals surface area contributed by atoms with Gasteiger partial charge in [0.1, 0.15) is 11.6 Å². The minimum absolute atomic E-state index is 0.561. The zero-order valence-corrected chi connectivity index (χ0v) is 16.6. The second-order valence-electron chi connectivity index (χ2n) is 6.56. The van der Waals surface area contributed by atoms with Crippen LogP contribution in [0.3, 0.4) is 0 Å². The lowest BCUT2D eigenvalue weighted by atomic mass is 10.0. The highest BCUT2D eigenvalue weighted by Crippen LogP contribution is 2.32. The van der Waals surface area contributed by atoms with Crippen molar-refractivity contribution in [1.29, 1.82) is 0 Å². The molecule has 0 aliphatic rings. The largest absolute Gasteiger partial charge is 0.365 e. The van der Waals surface area contributed by atoms with Gasteiger partial charge in [0, 0.05) is 29.6 Å². The minimum Gasteiger partial charge on any atom is -0.365 e. The molecule has 6 nitrogen and oxygen atoms in total. The Morgan fingerprint density at radius 2 is 1.93 bits per heavy atom. The molecule has 0 bridgehead atoms. The quantitative estimate of drug-likeness (QED) is 0.484. The fourth-order valence-corrected chi connectivity index (χ4v) is 3.47. The summed E-state index contributed by atoms with van der Waals surface area (Å²) < 4.78 is 5.33. The Bertz CT molecular complexity index is 1140. The number of rotatable bonds is 5. The van der Waals surface area contributed by atoms with E-state index in [0.29, 0.717) is 17.5 Å². The fraction of sp³-hybridized carbons (Fsp3) is 0.190. The second kappa shape index (κ2) is 7.48. The van der Waals surface area contributed by atoms with Crippen molar-refractivity contribution in [3.05, 3.63) is 64.5 Å². The summed E-state index contributed by atoms with van der Waals surface area (Å²) in [7, 11) is 1.81. The molecule has 0 fully saturated rings. The molecule has 142 valence electrons. The zero-order valence-electron chi connectivity index (χ0n) is 15.9. The van der Waals surface area contributed by atoms with Crippen molar-refractivity contribution in [1.82, 2.24) is 15.1 Å². The third kappa shape index (κ3) is 3.51. The van der Waals surface area contributed by atoms with Gasteiger partial charge in [-0.2, -0.15) is 4.98 Å². The van der Waals surface area contributed by atoms with Gasteiger partial charge in [0.2, 0.25) is 5.95 Å². The molecule has 2 aromatic carbocycles. The lowest BCUT2D eigenvalue weighted by Gasteiger charge is -2.12. The molecule has 28 heavy (non-hydrogen) atoms. The van der Waals surface area contributed by atoms with E-state index in [1.807, 2.05) is 50.2 Å². The van der Waals surface area contributed by atoms with Crippen LogP contribution in [0, 0.1) is 13.8 Å². The third-order valence-corrected chi connectivity index (χ3v) is 4.83. The molecule has 0 unspecified atom stereocenters. The Hall–Kier alpha value is -3.12. The Kier molecular flexibility index (Phi) is 4.88. The van der Waals surface area contributed by atoms with Gasteiger partial charge < -0.3 is 15.2 Å². The third-order valence-electron chi connectivity index (χ3n) is 4.59. The van der Waals surface area contributed by atoms with Gasteiger partial charge >= 0.3 is 0 Å². The molecule has 7 heteroatoms. The average Bonchev–Trinajstić information content (AvgIpc) is 3.03. The summed E-state index contributed by atoms with van der Waals surface area (Å²) in [5.74, 6) is 2.10. The topological polar surface area (TPSA) is 75.9 Å². The van der Waals surface area contributed by atoms with E-state index in [1.54, 1.807) is 7.05 Å². The molecule has 2 N–H and O–H groups in total. The van der Waals surface area contributed by atoms with Crippen LogP contribution in [-0.2, 0) is 6.54 Å². The standard InChI is InChI=1S/C21H20ClN5O/c1-12-19(13(2)28-27-12)15-7-8-18-17(10-15)20(26-21(23-3)25-18)24-11-14-5-4-6-16(22)9-14/h4-10H,11H2,1-3H3,(H2,23,24,25,26). The van der Waals surface area contributed by atoms with E-state index in [2.05, 4.69) is 31.8 Å². The van der Waals surface area contributed by atoms with Gasteiger partial charge in [0.05, 0.1) is 11.2 Å². The molecule has 4 rings (SSSR count). The molecule has 2 heterocycles. The van der Waals surface area contributed by atoms with Crippen LogP contribution >= 0.6 is 11.6 Å². The molecule has 0 spiro atoms. The summed E-state index contributed by atoms with van der Waals surface area (Å²) in [6.07, 6.45) is 0. The van der Waals surface area contributed by atoms with Crippen LogP contribution in [0.2, 0.25) is 5.02 Å². The lowest BCUT2D eigenvalue weighted by Crippen LogP contribution is -2.06. The van der Waals surface area contributed by atoms with Gasteiger partial charge in [-0.3, -0.25) is 0 Å². The number of nitrogens with one attached hydrogen (secondary N) is 2. The summed E-state index contributed by atoms with van der Waals surface area (Å²) in [5.41, 5.74) is 4.81. The maximum Gasteiger partial charge on any atom is 0.224 e. The van der Waals surface area contributed by atoms with E-state index in [4.69, 9.17) is 16.1 Å². The first kappa shape index (κ1) is 18.3. The van der Waals surface area contributed by atoms with Crippen LogP contribution < -0.4 is 10.6 Å². The minimum atomic E-state index is 0.561. The van der Waals surface area contributed by atoms with Crippen molar-refractivity contribution in [2.75, 3.05) is 17.7 Å². The fourth-order valence-electron chi connectivity index (χ4n) is 3.26. The summed E-state index contributed by atoms with van der Waals surface area (Å²) >= 11 is 6.10. The normalized spacial score (nSPS) is 11.0. The van der Waals surface area contributed by atoms with Crippen LogP contribution in [0.5, 0.6) is 0 Å². The Morgan fingerprint density at radius 1 is 1.07 bits per heavy atom. The molecule has 4 aromatic rings. The predicted octanol–water partition coefficient (Wildman–Crippen LogP) is 5.21. The van der Waals surface area contributed by atoms with Crippen molar-refractivity contribution >= 4 is 34.3 Å². The highest BCUT2D eigenvalue weighted by Gasteiger charge is 2.14. The zero-order chi connectivity index (χ0) is 19.7. The molecular formula is C21H20ClN5O. The van der Waals surface area contributed by atoms with Crippen molar-refractivity contribution in [3.63, 3.8) is 0 Å². The highest BCUT2D eigenvalue weighted by molar-refractivity contribution is 6.30. The first-order valence-electron chi connectivity index (χ1n) is 8.96. The number of nitrogens with zero attached hydrogens (tertiary/aromatic N) is 3. The Balaban J connectivity index is 1.77. The Morgan fingerprint density at radius 3 is 2.64 bits per heavy atom. The van der Waals surface area contributed by atoms with Gasteiger partial charge in [-0.1, -0.05) is 35.0 Å². The first-order chi connectivity index (χ1) is 13.5. The van der Waals surface area contributed by atoms with E-state index in [-0.39, 0.29) is 0 Å². The van der Waals surface area contributed by atoms with E-state index in [9.17, 15) is 0 Å². The van der Waals surface area contributed by atoms with Crippen molar-refractivity contribution in [2.45, 2.75) is 20.4 Å². The Labute approximate surface area is 167 Å². The maximum atomic E-state index is 6.10. The summed E-state index contributed by atoms with van der Waals surface area (Å²) in [6.45, 7) is 4.46. The number of benzene rings is 2. The molecular weight excluding hydrogens is 374 g/mol. The summed E-state index contributed by atoms with van der Waals surface area (Å²) in [4.78, 5) is 9.19. The lowest BCUT2D eigenvalue weighted by molar-refractivity contribution is 0.393. The van der Waals surface area contributed by atoms with Gasteiger partial charge in [-0.15, -0.1) is 0 Å². The van der Waals surface area contributed by atoms with Crippen molar-refractivity contribution in [3.8, 4) is 11.1 Å². The van der Waals surface area contributed by atoms with Crippen LogP contribution in [0.15, 0.2) is 47.0 Å². The second-order valence-corrected chi connectivity index (χ2v) is 7.00. The number of anilines is 2. The number of halogens is 1. The molecule has 0 saturated heterocycles. The van der Waals surface area contributed by atoms with Gasteiger partial charge in [0.15, 0.2) is 0 Å². The van der Waals surface area contributed by atoms with Crippen LogP contribution in [0.1, 0.15) is 17.0 Å². The van der Waals surface area contributed by atoms with Crippen molar-refractivity contribution < 1.29 is 4.52 Å². The molecule has 0 saturated carbocycles. The number of aryl methyl sites for hydroxylation is 2. The van der Waals surface area contributed by atoms with E-state index in [1.165, 1.54) is 0 Å². The van der Waals surface area contributed by atoms with Crippen LogP contribution in [-0.4, -0.2) is 22.2 Å².